The molecular formula is C20H26F3N3OS. The van der Waals surface area contributed by atoms with Crippen molar-refractivity contribution < 1.29 is 18.0 Å². The standard InChI is InChI=1S/C18H20F3N3OS.C2H6/c1-12(2)16(25)23-6-8-24(9-7-23)17-22-15(11-26-17)13-4-3-5-14(10-13)18(19,20)21;1-2/h3-5,10-12H,6-9H2,1-2H3;1-2H3. The Morgan fingerprint density at radius 1 is 1.14 bits per heavy atom. The lowest BCUT2D eigenvalue weighted by atomic mass is 10.1. The molecule has 3 rings (SSSR count). The molecule has 1 amide bonds. The lowest BCUT2D eigenvalue weighted by molar-refractivity contribution is -0.137. The van der Waals surface area contributed by atoms with Crippen LogP contribution in [0.15, 0.2) is 29.6 Å². The maximum Gasteiger partial charge on any atom is 0.416 e. The molecule has 0 N–H and O–H groups in total. The summed E-state index contributed by atoms with van der Waals surface area (Å²) >= 11 is 1.41. The highest BCUT2D eigenvalue weighted by Gasteiger charge is 2.30. The molecule has 4 nitrogen and oxygen atoms in total. The molecule has 0 aliphatic carbocycles. The zero-order valence-corrected chi connectivity index (χ0v) is 17.4. The number of alkyl halides is 3. The number of thiazole rings is 1. The van der Waals surface area contributed by atoms with Crippen LogP contribution >= 0.6 is 11.3 Å². The van der Waals surface area contributed by atoms with Gasteiger partial charge < -0.3 is 9.80 Å². The molecule has 1 fully saturated rings. The lowest BCUT2D eigenvalue weighted by Crippen LogP contribution is -2.49. The first-order chi connectivity index (χ1) is 13.3. The number of aromatic nitrogens is 1. The number of rotatable bonds is 3. The molecule has 1 aromatic heterocycles. The minimum absolute atomic E-state index is 0.0195. The van der Waals surface area contributed by atoms with E-state index in [1.807, 2.05) is 32.6 Å². The molecule has 1 aliphatic heterocycles. The fourth-order valence-electron chi connectivity index (χ4n) is 2.88. The smallest absolute Gasteiger partial charge is 0.345 e. The summed E-state index contributed by atoms with van der Waals surface area (Å²) in [5, 5.41) is 2.55. The molecule has 0 unspecified atom stereocenters. The first-order valence-corrected chi connectivity index (χ1v) is 10.3. The predicted octanol–water partition coefficient (Wildman–Crippen LogP) is 5.16. The van der Waals surface area contributed by atoms with E-state index in [1.165, 1.54) is 17.4 Å². The van der Waals surface area contributed by atoms with Crippen LogP contribution < -0.4 is 4.90 Å². The van der Waals surface area contributed by atoms with Gasteiger partial charge in [-0.25, -0.2) is 4.98 Å². The van der Waals surface area contributed by atoms with Crippen LogP contribution in [0.4, 0.5) is 18.3 Å². The van der Waals surface area contributed by atoms with E-state index in [9.17, 15) is 18.0 Å². The molecule has 0 spiro atoms. The predicted molar refractivity (Wildman–Crippen MR) is 108 cm³/mol. The third-order valence-corrected chi connectivity index (χ3v) is 5.23. The Labute approximate surface area is 168 Å². The van der Waals surface area contributed by atoms with Crippen LogP contribution in [0.25, 0.3) is 11.3 Å². The van der Waals surface area contributed by atoms with E-state index >= 15 is 0 Å². The summed E-state index contributed by atoms with van der Waals surface area (Å²) in [6, 6.07) is 5.21. The summed E-state index contributed by atoms with van der Waals surface area (Å²) in [6.45, 7) is 10.4. The Hall–Kier alpha value is -2.09. The minimum atomic E-state index is -4.37. The Morgan fingerprint density at radius 2 is 1.79 bits per heavy atom. The lowest BCUT2D eigenvalue weighted by Gasteiger charge is -2.35. The van der Waals surface area contributed by atoms with Gasteiger partial charge in [-0.05, 0) is 12.1 Å². The number of halogens is 3. The van der Waals surface area contributed by atoms with Crippen molar-refractivity contribution in [3.63, 3.8) is 0 Å². The first-order valence-electron chi connectivity index (χ1n) is 9.42. The summed E-state index contributed by atoms with van der Waals surface area (Å²) in [7, 11) is 0. The van der Waals surface area contributed by atoms with Gasteiger partial charge in [0.1, 0.15) is 0 Å². The van der Waals surface area contributed by atoms with E-state index in [1.54, 1.807) is 11.4 Å². The van der Waals surface area contributed by atoms with Crippen molar-refractivity contribution in [2.24, 2.45) is 5.92 Å². The number of anilines is 1. The van der Waals surface area contributed by atoms with Crippen LogP contribution in [-0.4, -0.2) is 42.0 Å². The van der Waals surface area contributed by atoms with Crippen molar-refractivity contribution in [3.05, 3.63) is 35.2 Å². The van der Waals surface area contributed by atoms with Crippen LogP contribution in [0.3, 0.4) is 0 Å². The SMILES string of the molecule is CC.CC(C)C(=O)N1CCN(c2nc(-c3cccc(C(F)(F)F)c3)cs2)CC1. The van der Waals surface area contributed by atoms with Gasteiger partial charge >= 0.3 is 6.18 Å². The van der Waals surface area contributed by atoms with Crippen molar-refractivity contribution in [2.45, 2.75) is 33.9 Å². The highest BCUT2D eigenvalue weighted by molar-refractivity contribution is 7.14. The second-order valence-corrected chi connectivity index (χ2v) is 7.40. The van der Waals surface area contributed by atoms with Gasteiger partial charge in [0.15, 0.2) is 5.13 Å². The Kier molecular flexibility index (Phi) is 7.46. The normalized spacial score (nSPS) is 14.7. The van der Waals surface area contributed by atoms with Gasteiger partial charge in [-0.2, -0.15) is 13.2 Å². The summed E-state index contributed by atoms with van der Waals surface area (Å²) < 4.78 is 38.6. The van der Waals surface area contributed by atoms with Crippen molar-refractivity contribution in [2.75, 3.05) is 31.1 Å². The van der Waals surface area contributed by atoms with Crippen molar-refractivity contribution >= 4 is 22.4 Å². The molecule has 1 aliphatic rings. The minimum Gasteiger partial charge on any atom is -0.345 e. The average molecular weight is 414 g/mol. The number of hydrogen-bond acceptors (Lipinski definition) is 4. The number of piperazine rings is 1. The molecule has 8 heteroatoms. The Balaban J connectivity index is 0.00000136. The molecule has 0 bridgehead atoms. The number of carbonyl (C=O) groups is 1. The maximum atomic E-state index is 12.9. The third kappa shape index (κ3) is 5.25. The topological polar surface area (TPSA) is 36.4 Å². The number of hydrogen-bond donors (Lipinski definition) is 0. The quantitative estimate of drug-likeness (QED) is 0.697. The highest BCUT2D eigenvalue weighted by Crippen LogP contribution is 2.33. The van der Waals surface area contributed by atoms with Crippen LogP contribution in [0.2, 0.25) is 0 Å². The second kappa shape index (κ2) is 9.41. The molecule has 0 atom stereocenters. The number of amides is 1. The maximum absolute atomic E-state index is 12.9. The van der Waals surface area contributed by atoms with E-state index in [0.29, 0.717) is 37.4 Å². The summed E-state index contributed by atoms with van der Waals surface area (Å²) in [4.78, 5) is 20.5. The van der Waals surface area contributed by atoms with Crippen molar-refractivity contribution in [3.8, 4) is 11.3 Å². The van der Waals surface area contributed by atoms with E-state index in [2.05, 4.69) is 9.88 Å². The molecule has 2 aromatic rings. The molecule has 2 heterocycles. The van der Waals surface area contributed by atoms with Crippen LogP contribution in [0.5, 0.6) is 0 Å². The van der Waals surface area contributed by atoms with Gasteiger partial charge in [-0.3, -0.25) is 4.79 Å². The van der Waals surface area contributed by atoms with E-state index in [-0.39, 0.29) is 11.8 Å². The van der Waals surface area contributed by atoms with Gasteiger partial charge in [0, 0.05) is 43.0 Å². The molecule has 0 saturated carbocycles. The van der Waals surface area contributed by atoms with Crippen LogP contribution in [-0.2, 0) is 11.0 Å². The van der Waals surface area contributed by atoms with Crippen LogP contribution in [0.1, 0.15) is 33.3 Å². The Morgan fingerprint density at radius 3 is 2.36 bits per heavy atom. The average Bonchev–Trinajstić information content (AvgIpc) is 3.19. The van der Waals surface area contributed by atoms with Gasteiger partial charge in [-0.1, -0.05) is 39.8 Å². The van der Waals surface area contributed by atoms with Crippen molar-refractivity contribution in [1.82, 2.24) is 9.88 Å². The molecular weight excluding hydrogens is 387 g/mol. The van der Waals surface area contributed by atoms with E-state index < -0.39 is 11.7 Å². The summed E-state index contributed by atoms with van der Waals surface area (Å²) in [6.07, 6.45) is -4.37. The first kappa shape index (κ1) is 22.2. The third-order valence-electron chi connectivity index (χ3n) is 4.33. The second-order valence-electron chi connectivity index (χ2n) is 6.56. The number of carbonyl (C=O) groups excluding carboxylic acids is 1. The number of nitrogens with zero attached hydrogens (tertiary/aromatic N) is 3. The molecule has 0 radical (unpaired) electrons. The van der Waals surface area contributed by atoms with E-state index in [4.69, 9.17) is 0 Å². The Bertz CT molecular complexity index is 781. The van der Waals surface area contributed by atoms with Gasteiger partial charge in [-0.15, -0.1) is 11.3 Å². The fraction of sp³-hybridized carbons (Fsp3) is 0.500. The summed E-state index contributed by atoms with van der Waals surface area (Å²) in [5.41, 5.74) is 0.318. The number of benzene rings is 1. The highest BCUT2D eigenvalue weighted by atomic mass is 32.1. The van der Waals surface area contributed by atoms with Gasteiger partial charge in [0.2, 0.25) is 5.91 Å². The molecule has 1 aromatic carbocycles. The molecule has 154 valence electrons. The largest absolute Gasteiger partial charge is 0.416 e. The molecule has 28 heavy (non-hydrogen) atoms. The van der Waals surface area contributed by atoms with E-state index in [0.717, 1.165) is 17.3 Å². The summed E-state index contributed by atoms with van der Waals surface area (Å²) in [5.74, 6) is 0.127. The zero-order chi connectivity index (χ0) is 20.9. The van der Waals surface area contributed by atoms with Gasteiger partial charge in [0.25, 0.3) is 0 Å². The molecule has 1 saturated heterocycles. The van der Waals surface area contributed by atoms with Gasteiger partial charge in [0.05, 0.1) is 11.3 Å². The fourth-order valence-corrected chi connectivity index (χ4v) is 3.77. The van der Waals surface area contributed by atoms with Crippen molar-refractivity contribution in [1.29, 1.82) is 0 Å². The monoisotopic (exact) mass is 413 g/mol. The van der Waals surface area contributed by atoms with Crippen LogP contribution in [0, 0.1) is 5.92 Å². The zero-order valence-electron chi connectivity index (χ0n) is 16.6.